The molecule has 2 atom stereocenters. The van der Waals surface area contributed by atoms with E-state index in [1.807, 2.05) is 20.8 Å². The van der Waals surface area contributed by atoms with Gasteiger partial charge in [0.25, 0.3) is 0 Å². The van der Waals surface area contributed by atoms with E-state index in [1.165, 1.54) is 4.90 Å². The lowest BCUT2D eigenvalue weighted by atomic mass is 10.1. The van der Waals surface area contributed by atoms with Crippen molar-refractivity contribution in [3.8, 4) is 0 Å². The van der Waals surface area contributed by atoms with E-state index < -0.39 is 28.5 Å². The predicted octanol–water partition coefficient (Wildman–Crippen LogP) is 4.79. The first-order valence-electron chi connectivity index (χ1n) is 11.5. The summed E-state index contributed by atoms with van der Waals surface area (Å²) in [5.41, 5.74) is 1.62. The molecule has 2 aromatic carbocycles. The normalized spacial score (nSPS) is 13.1. The molecule has 10 heteroatoms. The van der Waals surface area contributed by atoms with Crippen molar-refractivity contribution in [2.45, 2.75) is 59.2 Å². The summed E-state index contributed by atoms with van der Waals surface area (Å²) in [6.45, 7) is 7.01. The topological polar surface area (TPSA) is 86.8 Å². The van der Waals surface area contributed by atoms with Crippen LogP contribution in [0.4, 0.5) is 5.69 Å². The highest BCUT2D eigenvalue weighted by molar-refractivity contribution is 7.92. The van der Waals surface area contributed by atoms with Crippen molar-refractivity contribution in [1.29, 1.82) is 0 Å². The molecule has 0 saturated carbocycles. The molecule has 2 aromatic rings. The molecular formula is C25H33Cl2N3O4S. The third-order valence-corrected chi connectivity index (χ3v) is 7.63. The number of carbonyl (C=O) groups is 2. The molecular weight excluding hydrogens is 509 g/mol. The Hall–Kier alpha value is -2.29. The van der Waals surface area contributed by atoms with Gasteiger partial charge in [0.1, 0.15) is 12.6 Å². The maximum atomic E-state index is 13.7. The summed E-state index contributed by atoms with van der Waals surface area (Å²) in [6, 6.07) is 11.0. The van der Waals surface area contributed by atoms with Crippen molar-refractivity contribution < 1.29 is 18.0 Å². The highest BCUT2D eigenvalue weighted by atomic mass is 35.5. The Morgan fingerprint density at radius 1 is 1.03 bits per heavy atom. The smallest absolute Gasteiger partial charge is 0.244 e. The molecule has 1 N–H and O–H groups in total. The predicted molar refractivity (Wildman–Crippen MR) is 142 cm³/mol. The van der Waals surface area contributed by atoms with Gasteiger partial charge in [-0.25, -0.2) is 8.42 Å². The second-order valence-corrected chi connectivity index (χ2v) is 11.3. The van der Waals surface area contributed by atoms with Crippen LogP contribution in [0.15, 0.2) is 42.5 Å². The summed E-state index contributed by atoms with van der Waals surface area (Å²) < 4.78 is 26.5. The summed E-state index contributed by atoms with van der Waals surface area (Å²) in [5, 5.41) is 3.88. The van der Waals surface area contributed by atoms with Crippen molar-refractivity contribution in [2.75, 3.05) is 17.1 Å². The van der Waals surface area contributed by atoms with Crippen LogP contribution in [-0.2, 0) is 26.2 Å². The minimum absolute atomic E-state index is 0.0642. The first-order chi connectivity index (χ1) is 16.4. The van der Waals surface area contributed by atoms with Crippen molar-refractivity contribution in [3.05, 3.63) is 63.6 Å². The molecule has 0 aliphatic rings. The van der Waals surface area contributed by atoms with Crippen molar-refractivity contribution in [3.63, 3.8) is 0 Å². The van der Waals surface area contributed by atoms with Gasteiger partial charge in [-0.1, -0.05) is 55.2 Å². The number of benzene rings is 2. The van der Waals surface area contributed by atoms with Gasteiger partial charge in [-0.15, -0.1) is 0 Å². The van der Waals surface area contributed by atoms with Gasteiger partial charge in [0.15, 0.2) is 0 Å². The molecule has 0 unspecified atom stereocenters. The fourth-order valence-electron chi connectivity index (χ4n) is 3.61. The highest BCUT2D eigenvalue weighted by Crippen LogP contribution is 2.28. The Morgan fingerprint density at radius 2 is 1.66 bits per heavy atom. The third-order valence-electron chi connectivity index (χ3n) is 5.84. The Balaban J connectivity index is 2.47. The molecule has 0 aromatic heterocycles. The van der Waals surface area contributed by atoms with E-state index in [4.69, 9.17) is 23.2 Å². The van der Waals surface area contributed by atoms with Crippen LogP contribution in [0.25, 0.3) is 0 Å². The van der Waals surface area contributed by atoms with Crippen LogP contribution in [0, 0.1) is 6.92 Å². The largest absolute Gasteiger partial charge is 0.352 e. The first kappa shape index (κ1) is 28.9. The lowest BCUT2D eigenvalue weighted by Gasteiger charge is -2.33. The Kier molecular flexibility index (Phi) is 10.4. The number of nitrogens with one attached hydrogen (secondary N) is 1. The monoisotopic (exact) mass is 541 g/mol. The van der Waals surface area contributed by atoms with Gasteiger partial charge in [0.2, 0.25) is 21.8 Å². The second kappa shape index (κ2) is 12.6. The van der Waals surface area contributed by atoms with Crippen molar-refractivity contribution in [2.24, 2.45) is 0 Å². The second-order valence-electron chi connectivity index (χ2n) is 8.54. The lowest BCUT2D eigenvalue weighted by molar-refractivity contribution is -0.140. The lowest BCUT2D eigenvalue weighted by Crippen LogP contribution is -2.53. The molecule has 0 spiro atoms. The van der Waals surface area contributed by atoms with Crippen molar-refractivity contribution >= 4 is 50.7 Å². The number of amides is 2. The SMILES string of the molecule is CC[C@H](C)NC(=O)[C@H](CC)N(Cc1ccc(Cl)cc1)C(=O)CN(c1cccc(Cl)c1C)S(C)(=O)=O. The van der Waals surface area contributed by atoms with E-state index in [1.54, 1.807) is 49.4 Å². The maximum Gasteiger partial charge on any atom is 0.244 e. The zero-order valence-corrected chi connectivity index (χ0v) is 23.0. The van der Waals surface area contributed by atoms with Gasteiger partial charge in [-0.2, -0.15) is 0 Å². The number of nitrogens with zero attached hydrogens (tertiary/aromatic N) is 2. The Morgan fingerprint density at radius 3 is 2.20 bits per heavy atom. The summed E-state index contributed by atoms with van der Waals surface area (Å²) in [7, 11) is -3.83. The van der Waals surface area contributed by atoms with Gasteiger partial charge in [0.05, 0.1) is 11.9 Å². The molecule has 0 aliphatic heterocycles. The fraction of sp³-hybridized carbons (Fsp3) is 0.440. The van der Waals surface area contributed by atoms with Gasteiger partial charge in [-0.05, 0) is 62.1 Å². The van der Waals surface area contributed by atoms with E-state index in [0.29, 0.717) is 27.7 Å². The van der Waals surface area contributed by atoms with Gasteiger partial charge in [-0.3, -0.25) is 13.9 Å². The zero-order valence-electron chi connectivity index (χ0n) is 20.7. The first-order valence-corrected chi connectivity index (χ1v) is 14.1. The highest BCUT2D eigenvalue weighted by Gasteiger charge is 2.32. The molecule has 0 saturated heterocycles. The van der Waals surface area contributed by atoms with Crippen LogP contribution in [0.3, 0.4) is 0 Å². The summed E-state index contributed by atoms with van der Waals surface area (Å²) in [6.07, 6.45) is 2.14. The standard InChI is InChI=1S/C25H33Cl2N3O4S/c1-6-17(3)28-25(32)22(7-2)29(15-19-11-13-20(26)14-12-19)24(31)16-30(35(5,33)34)23-10-8-9-21(27)18(23)4/h8-14,17,22H,6-7,15-16H2,1-5H3,(H,28,32)/t17-,22-/m0/s1. The number of rotatable bonds is 11. The molecule has 0 radical (unpaired) electrons. The number of halogens is 2. The summed E-state index contributed by atoms with van der Waals surface area (Å²) in [5.74, 6) is -0.787. The number of anilines is 1. The quantitative estimate of drug-likeness (QED) is 0.443. The maximum absolute atomic E-state index is 13.7. The molecule has 0 fully saturated rings. The van der Waals surface area contributed by atoms with E-state index in [2.05, 4.69) is 5.32 Å². The van der Waals surface area contributed by atoms with Gasteiger partial charge >= 0.3 is 0 Å². The van der Waals surface area contributed by atoms with Gasteiger partial charge < -0.3 is 10.2 Å². The molecule has 0 heterocycles. The van der Waals surface area contributed by atoms with Crippen LogP contribution >= 0.6 is 23.2 Å². The number of sulfonamides is 1. The summed E-state index contributed by atoms with van der Waals surface area (Å²) in [4.78, 5) is 28.2. The van der Waals surface area contributed by atoms with Crippen LogP contribution in [-0.4, -0.2) is 50.0 Å². The van der Waals surface area contributed by atoms with Crippen LogP contribution in [0.1, 0.15) is 44.7 Å². The average Bonchev–Trinajstić information content (AvgIpc) is 2.79. The molecule has 2 amide bonds. The molecule has 2 rings (SSSR count). The van der Waals surface area contributed by atoms with Crippen LogP contribution in [0.2, 0.25) is 10.0 Å². The molecule has 192 valence electrons. The van der Waals surface area contributed by atoms with Gasteiger partial charge in [0, 0.05) is 22.6 Å². The zero-order chi connectivity index (χ0) is 26.3. The fourth-order valence-corrected chi connectivity index (χ4v) is 4.80. The Bertz CT molecular complexity index is 1140. The van der Waals surface area contributed by atoms with E-state index >= 15 is 0 Å². The number of hydrogen-bond donors (Lipinski definition) is 1. The number of carbonyl (C=O) groups excluding carboxylic acids is 2. The average molecular weight is 543 g/mol. The molecule has 0 bridgehead atoms. The van der Waals surface area contributed by atoms with Crippen LogP contribution in [0.5, 0.6) is 0 Å². The van der Waals surface area contributed by atoms with Crippen LogP contribution < -0.4 is 9.62 Å². The molecule has 0 aliphatic carbocycles. The minimum atomic E-state index is -3.83. The Labute approximate surface area is 218 Å². The summed E-state index contributed by atoms with van der Waals surface area (Å²) >= 11 is 12.2. The van der Waals surface area contributed by atoms with Crippen molar-refractivity contribution in [1.82, 2.24) is 10.2 Å². The molecule has 7 nitrogen and oxygen atoms in total. The van der Waals surface area contributed by atoms with E-state index in [0.717, 1.165) is 22.5 Å². The minimum Gasteiger partial charge on any atom is -0.352 e. The number of hydrogen-bond acceptors (Lipinski definition) is 4. The third kappa shape index (κ3) is 7.85. The van der Waals surface area contributed by atoms with E-state index in [-0.39, 0.29) is 18.5 Å². The molecule has 35 heavy (non-hydrogen) atoms. The van der Waals surface area contributed by atoms with E-state index in [9.17, 15) is 18.0 Å².